The molecule has 2 aromatic rings. The second-order valence-corrected chi connectivity index (χ2v) is 9.92. The van der Waals surface area contributed by atoms with Crippen LogP contribution in [0.4, 0.5) is 5.82 Å². The third-order valence-electron chi connectivity index (χ3n) is 6.65. The number of nitrogens with zero attached hydrogens (tertiary/aromatic N) is 4. The maximum Gasteiger partial charge on any atom is 0.230 e. The summed E-state index contributed by atoms with van der Waals surface area (Å²) in [6.07, 6.45) is 9.82. The van der Waals surface area contributed by atoms with Crippen molar-refractivity contribution in [2.24, 2.45) is 0 Å². The number of fused-ring (bicyclic) bond motifs is 3. The van der Waals surface area contributed by atoms with Crippen molar-refractivity contribution >= 4 is 33.3 Å². The van der Waals surface area contributed by atoms with Crippen molar-refractivity contribution in [2.45, 2.75) is 76.4 Å². The largest absolute Gasteiger partial charge is 0.393 e. The van der Waals surface area contributed by atoms with E-state index < -0.39 is 0 Å². The van der Waals surface area contributed by atoms with Gasteiger partial charge >= 0.3 is 0 Å². The van der Waals surface area contributed by atoms with Crippen LogP contribution < -0.4 is 4.90 Å². The van der Waals surface area contributed by atoms with E-state index in [9.17, 15) is 9.90 Å². The summed E-state index contributed by atoms with van der Waals surface area (Å²) in [4.78, 5) is 29.4. The van der Waals surface area contributed by atoms with Gasteiger partial charge in [0.15, 0.2) is 0 Å². The van der Waals surface area contributed by atoms with Gasteiger partial charge in [0, 0.05) is 31.1 Å². The number of aliphatic hydroxyl groups is 1. The lowest BCUT2D eigenvalue weighted by Gasteiger charge is -2.29. The fraction of sp³-hybridized carbons (Fsp3) is 0.682. The molecule has 3 heterocycles. The molecule has 2 aromatic heterocycles. The summed E-state index contributed by atoms with van der Waals surface area (Å²) in [6, 6.07) is 0.571. The minimum atomic E-state index is -0.271. The van der Waals surface area contributed by atoms with Crippen LogP contribution in [0.25, 0.3) is 10.2 Å². The molecular formula is C22H30N4O2S. The molecule has 0 aromatic carbocycles. The summed E-state index contributed by atoms with van der Waals surface area (Å²) in [7, 11) is 2.15. The van der Waals surface area contributed by atoms with Crippen LogP contribution >= 0.6 is 11.3 Å². The molecule has 2 aliphatic carbocycles. The van der Waals surface area contributed by atoms with Crippen molar-refractivity contribution in [3.05, 3.63) is 16.3 Å². The highest BCUT2D eigenvalue weighted by Gasteiger charge is 2.31. The van der Waals surface area contributed by atoms with E-state index in [0.29, 0.717) is 37.8 Å². The zero-order valence-electron chi connectivity index (χ0n) is 17.2. The molecule has 7 heteroatoms. The fourth-order valence-corrected chi connectivity index (χ4v) is 5.96. The first-order valence-electron chi connectivity index (χ1n) is 11.1. The molecule has 0 unspecified atom stereocenters. The number of anilines is 1. The molecular weight excluding hydrogens is 384 g/mol. The first-order valence-corrected chi connectivity index (χ1v) is 11.9. The highest BCUT2D eigenvalue weighted by Crippen LogP contribution is 2.41. The molecule has 1 saturated heterocycles. The first-order chi connectivity index (χ1) is 14.1. The number of piperidine rings is 1. The monoisotopic (exact) mass is 414 g/mol. The van der Waals surface area contributed by atoms with E-state index in [-0.39, 0.29) is 18.4 Å². The Balaban J connectivity index is 1.49. The Morgan fingerprint density at radius 1 is 1.14 bits per heavy atom. The number of rotatable bonds is 4. The van der Waals surface area contributed by atoms with E-state index in [1.54, 1.807) is 0 Å². The molecule has 2 fully saturated rings. The predicted molar refractivity (Wildman–Crippen MR) is 116 cm³/mol. The van der Waals surface area contributed by atoms with Gasteiger partial charge < -0.3 is 14.9 Å². The van der Waals surface area contributed by atoms with E-state index in [1.165, 1.54) is 47.9 Å². The van der Waals surface area contributed by atoms with Gasteiger partial charge in [0.05, 0.1) is 17.9 Å². The number of aromatic nitrogens is 2. The molecule has 29 heavy (non-hydrogen) atoms. The lowest BCUT2D eigenvalue weighted by molar-refractivity contribution is -0.132. The number of likely N-dealkylation sites (tertiary alicyclic amines) is 1. The van der Waals surface area contributed by atoms with Crippen LogP contribution in [-0.4, -0.2) is 58.2 Å². The molecule has 1 saturated carbocycles. The van der Waals surface area contributed by atoms with E-state index >= 15 is 0 Å². The number of hydrogen-bond acceptors (Lipinski definition) is 6. The molecule has 156 valence electrons. The SMILES string of the molecule is CN(c1nc(CC(=O)N2CCC(O)CC2)nc2sc3c(c12)CCCCC3)C1CC1. The summed E-state index contributed by atoms with van der Waals surface area (Å²) >= 11 is 1.82. The van der Waals surface area contributed by atoms with Gasteiger partial charge in [-0.2, -0.15) is 0 Å². The molecule has 0 spiro atoms. The van der Waals surface area contributed by atoms with Crippen molar-refractivity contribution in [3.8, 4) is 0 Å². The lowest BCUT2D eigenvalue weighted by atomic mass is 10.1. The van der Waals surface area contributed by atoms with Crippen LogP contribution in [0.3, 0.4) is 0 Å². The van der Waals surface area contributed by atoms with Crippen LogP contribution in [0.5, 0.6) is 0 Å². The average molecular weight is 415 g/mol. The summed E-state index contributed by atoms with van der Waals surface area (Å²) in [5.41, 5.74) is 1.47. The predicted octanol–water partition coefficient (Wildman–Crippen LogP) is 3.08. The maximum absolute atomic E-state index is 12.8. The topological polar surface area (TPSA) is 69.6 Å². The zero-order valence-corrected chi connectivity index (χ0v) is 18.0. The van der Waals surface area contributed by atoms with Crippen LogP contribution in [-0.2, 0) is 24.1 Å². The molecule has 0 radical (unpaired) electrons. The summed E-state index contributed by atoms with van der Waals surface area (Å²) in [5.74, 6) is 1.76. The Bertz CT molecular complexity index is 915. The smallest absolute Gasteiger partial charge is 0.230 e. The van der Waals surface area contributed by atoms with Crippen molar-refractivity contribution in [1.29, 1.82) is 0 Å². The second-order valence-electron chi connectivity index (χ2n) is 8.84. The molecule has 6 nitrogen and oxygen atoms in total. The van der Waals surface area contributed by atoms with Crippen molar-refractivity contribution < 1.29 is 9.90 Å². The van der Waals surface area contributed by atoms with Crippen molar-refractivity contribution in [2.75, 3.05) is 25.0 Å². The minimum Gasteiger partial charge on any atom is -0.393 e. The number of aliphatic hydroxyl groups excluding tert-OH is 1. The Morgan fingerprint density at radius 3 is 2.66 bits per heavy atom. The summed E-state index contributed by atoms with van der Waals surface area (Å²) < 4.78 is 0. The van der Waals surface area contributed by atoms with Crippen molar-refractivity contribution in [3.63, 3.8) is 0 Å². The highest BCUT2D eigenvalue weighted by molar-refractivity contribution is 7.19. The van der Waals surface area contributed by atoms with Crippen LogP contribution in [0.2, 0.25) is 0 Å². The highest BCUT2D eigenvalue weighted by atomic mass is 32.1. The van der Waals surface area contributed by atoms with Crippen LogP contribution in [0, 0.1) is 0 Å². The number of carbonyl (C=O) groups excluding carboxylic acids is 1. The fourth-order valence-electron chi connectivity index (χ4n) is 4.69. The number of aryl methyl sites for hydroxylation is 2. The van der Waals surface area contributed by atoms with Gasteiger partial charge in [-0.3, -0.25) is 4.79 Å². The normalized spacial score (nSPS) is 20.6. The maximum atomic E-state index is 12.8. The number of hydrogen-bond donors (Lipinski definition) is 1. The van der Waals surface area contributed by atoms with Gasteiger partial charge in [-0.25, -0.2) is 9.97 Å². The molecule has 1 aliphatic heterocycles. The Hall–Kier alpha value is -1.73. The number of thiophene rings is 1. The molecule has 5 rings (SSSR count). The second kappa shape index (κ2) is 7.84. The van der Waals surface area contributed by atoms with Crippen molar-refractivity contribution in [1.82, 2.24) is 14.9 Å². The number of carbonyl (C=O) groups is 1. The van der Waals surface area contributed by atoms with Gasteiger partial charge in [0.1, 0.15) is 16.5 Å². The lowest BCUT2D eigenvalue weighted by Crippen LogP contribution is -2.41. The molecule has 0 atom stereocenters. The summed E-state index contributed by atoms with van der Waals surface area (Å²) in [5, 5.41) is 11.0. The van der Waals surface area contributed by atoms with E-state index in [2.05, 4.69) is 11.9 Å². The van der Waals surface area contributed by atoms with E-state index in [4.69, 9.17) is 9.97 Å². The summed E-state index contributed by atoms with van der Waals surface area (Å²) in [6.45, 7) is 1.26. The Labute approximate surface area is 175 Å². The third-order valence-corrected chi connectivity index (χ3v) is 7.83. The van der Waals surface area contributed by atoms with E-state index in [0.717, 1.165) is 23.5 Å². The van der Waals surface area contributed by atoms with E-state index in [1.807, 2.05) is 16.2 Å². The quantitative estimate of drug-likeness (QED) is 0.779. The Morgan fingerprint density at radius 2 is 1.90 bits per heavy atom. The first kappa shape index (κ1) is 19.2. The molecule has 1 amide bonds. The van der Waals surface area contributed by atoms with Gasteiger partial charge in [0.25, 0.3) is 0 Å². The average Bonchev–Trinajstić information content (AvgIpc) is 3.53. The minimum absolute atomic E-state index is 0.0781. The van der Waals surface area contributed by atoms with Gasteiger partial charge in [0.2, 0.25) is 5.91 Å². The molecule has 3 aliphatic rings. The zero-order chi connectivity index (χ0) is 20.0. The number of amides is 1. The molecule has 0 bridgehead atoms. The van der Waals surface area contributed by atoms with Gasteiger partial charge in [-0.1, -0.05) is 6.42 Å². The van der Waals surface area contributed by atoms with Gasteiger partial charge in [-0.15, -0.1) is 11.3 Å². The van der Waals surface area contributed by atoms with Crippen LogP contribution in [0.1, 0.15) is 61.2 Å². The third kappa shape index (κ3) is 3.87. The molecule has 1 N–H and O–H groups in total. The van der Waals surface area contributed by atoms with Gasteiger partial charge in [-0.05, 0) is 56.9 Å². The van der Waals surface area contributed by atoms with Crippen LogP contribution in [0.15, 0.2) is 0 Å². The standard InChI is InChI=1S/C22H30N4O2S/c1-25(14-7-8-14)21-20-16-5-3-2-4-6-17(16)29-22(20)24-18(23-21)13-19(28)26-11-9-15(27)10-12-26/h14-15,27H,2-13H2,1H3. The Kier molecular flexibility index (Phi) is 5.20.